The number of hydrogen-bond donors (Lipinski definition) is 2. The van der Waals surface area contributed by atoms with Gasteiger partial charge in [0, 0.05) is 15.8 Å². The number of hydrogen-bond acceptors (Lipinski definition) is 3. The lowest BCUT2D eigenvalue weighted by atomic mass is 10.1. The van der Waals surface area contributed by atoms with Crippen LogP contribution in [0.2, 0.25) is 0 Å². The molecule has 0 aliphatic heterocycles. The molecule has 1 aromatic heterocycles. The molecule has 106 valence electrons. The number of rotatable bonds is 4. The van der Waals surface area contributed by atoms with Gasteiger partial charge in [-0.3, -0.25) is 4.79 Å². The summed E-state index contributed by atoms with van der Waals surface area (Å²) in [5.41, 5.74) is 4.83. The largest absolute Gasteiger partial charge is 0.396 e. The van der Waals surface area contributed by atoms with Crippen LogP contribution in [-0.2, 0) is 13.0 Å². The fraction of sp³-hybridized carbons (Fsp3) is 0.214. The molecule has 0 fully saturated rings. The summed E-state index contributed by atoms with van der Waals surface area (Å²) in [4.78, 5) is 14.0. The first-order valence-electron chi connectivity index (χ1n) is 6.11. The summed E-state index contributed by atoms with van der Waals surface area (Å²) >= 11 is 1.59. The Morgan fingerprint density at radius 2 is 1.95 bits per heavy atom. The molecular formula is C14H14F2N2OS. The van der Waals surface area contributed by atoms with Gasteiger partial charge in [-0.25, -0.2) is 8.78 Å². The van der Waals surface area contributed by atoms with Gasteiger partial charge in [0.2, 0.25) is 0 Å². The standard InChI is InChI=1S/C14H14F2N2OS/c1-2-8-3-4-9(20-8)7-18-14(19)10-5-13(17)12(16)6-11(10)15/h3-6H,2,7,17H2,1H3,(H,18,19). The van der Waals surface area contributed by atoms with Crippen LogP contribution in [0.4, 0.5) is 14.5 Å². The van der Waals surface area contributed by atoms with Crippen molar-refractivity contribution in [2.24, 2.45) is 0 Å². The number of carbonyl (C=O) groups is 1. The van der Waals surface area contributed by atoms with E-state index in [-0.39, 0.29) is 11.3 Å². The summed E-state index contributed by atoms with van der Waals surface area (Å²) in [6, 6.07) is 5.53. The van der Waals surface area contributed by atoms with Gasteiger partial charge in [-0.05, 0) is 24.6 Å². The molecule has 2 rings (SSSR count). The molecule has 0 aliphatic rings. The Labute approximate surface area is 119 Å². The Morgan fingerprint density at radius 3 is 2.60 bits per heavy atom. The highest BCUT2D eigenvalue weighted by atomic mass is 32.1. The summed E-state index contributed by atoms with van der Waals surface area (Å²) in [7, 11) is 0. The van der Waals surface area contributed by atoms with Crippen molar-refractivity contribution >= 4 is 22.9 Å². The van der Waals surface area contributed by atoms with Crippen LogP contribution in [0.3, 0.4) is 0 Å². The maximum absolute atomic E-state index is 13.5. The number of nitrogens with two attached hydrogens (primary N) is 1. The second-order valence-corrected chi connectivity index (χ2v) is 5.51. The van der Waals surface area contributed by atoms with Gasteiger partial charge in [-0.1, -0.05) is 6.92 Å². The molecular weight excluding hydrogens is 282 g/mol. The van der Waals surface area contributed by atoms with E-state index < -0.39 is 17.5 Å². The smallest absolute Gasteiger partial charge is 0.254 e. The molecule has 3 N–H and O–H groups in total. The molecule has 0 bridgehead atoms. The second kappa shape index (κ2) is 6.00. The predicted molar refractivity (Wildman–Crippen MR) is 75.6 cm³/mol. The average molecular weight is 296 g/mol. The van der Waals surface area contributed by atoms with E-state index in [0.29, 0.717) is 12.6 Å². The molecule has 0 spiro atoms. The molecule has 1 aromatic carbocycles. The van der Waals surface area contributed by atoms with Crippen LogP contribution < -0.4 is 11.1 Å². The van der Waals surface area contributed by atoms with Gasteiger partial charge in [0.25, 0.3) is 5.91 Å². The molecule has 0 unspecified atom stereocenters. The third-order valence-corrected chi connectivity index (χ3v) is 4.05. The molecule has 1 heterocycles. The molecule has 0 saturated heterocycles. The Morgan fingerprint density at radius 1 is 1.25 bits per heavy atom. The Bertz CT molecular complexity index is 640. The zero-order valence-corrected chi connectivity index (χ0v) is 11.7. The van der Waals surface area contributed by atoms with Gasteiger partial charge in [0.1, 0.15) is 11.6 Å². The van der Waals surface area contributed by atoms with E-state index in [2.05, 4.69) is 5.32 Å². The highest BCUT2D eigenvalue weighted by Crippen LogP contribution is 2.18. The number of aryl methyl sites for hydroxylation is 1. The first-order valence-corrected chi connectivity index (χ1v) is 6.93. The van der Waals surface area contributed by atoms with Crippen molar-refractivity contribution < 1.29 is 13.6 Å². The van der Waals surface area contributed by atoms with Crippen LogP contribution in [0.15, 0.2) is 24.3 Å². The predicted octanol–water partition coefficient (Wildman–Crippen LogP) is 3.10. The maximum atomic E-state index is 13.5. The van der Waals surface area contributed by atoms with E-state index in [1.165, 1.54) is 4.88 Å². The van der Waals surface area contributed by atoms with Crippen molar-refractivity contribution in [1.29, 1.82) is 0 Å². The number of halogens is 2. The molecule has 0 radical (unpaired) electrons. The summed E-state index contributed by atoms with van der Waals surface area (Å²) in [5, 5.41) is 2.59. The van der Waals surface area contributed by atoms with Crippen LogP contribution in [0.5, 0.6) is 0 Å². The fourth-order valence-corrected chi connectivity index (χ4v) is 2.61. The zero-order valence-electron chi connectivity index (χ0n) is 10.9. The van der Waals surface area contributed by atoms with Crippen molar-refractivity contribution in [2.75, 3.05) is 5.73 Å². The summed E-state index contributed by atoms with van der Waals surface area (Å²) < 4.78 is 26.5. The third kappa shape index (κ3) is 3.14. The minimum atomic E-state index is -0.922. The van der Waals surface area contributed by atoms with Gasteiger partial charge in [0.05, 0.1) is 17.8 Å². The second-order valence-electron chi connectivity index (χ2n) is 4.26. The number of anilines is 1. The molecule has 0 aliphatic carbocycles. The normalized spacial score (nSPS) is 10.6. The molecule has 6 heteroatoms. The SMILES string of the molecule is CCc1ccc(CNC(=O)c2cc(N)c(F)cc2F)s1. The van der Waals surface area contributed by atoms with Gasteiger partial charge < -0.3 is 11.1 Å². The summed E-state index contributed by atoms with van der Waals surface area (Å²) in [5.74, 6) is -2.40. The molecule has 3 nitrogen and oxygen atoms in total. The van der Waals surface area contributed by atoms with Gasteiger partial charge in [-0.2, -0.15) is 0 Å². The van der Waals surface area contributed by atoms with Crippen LogP contribution in [0.25, 0.3) is 0 Å². The first kappa shape index (κ1) is 14.5. The molecule has 1 amide bonds. The molecule has 2 aromatic rings. The van der Waals surface area contributed by atoms with Crippen molar-refractivity contribution in [3.8, 4) is 0 Å². The maximum Gasteiger partial charge on any atom is 0.254 e. The highest BCUT2D eigenvalue weighted by Gasteiger charge is 2.15. The molecule has 0 saturated carbocycles. The first-order chi connectivity index (χ1) is 9.51. The number of thiophene rings is 1. The zero-order chi connectivity index (χ0) is 14.7. The van der Waals surface area contributed by atoms with Crippen molar-refractivity contribution in [3.05, 3.63) is 51.2 Å². The Balaban J connectivity index is 2.07. The van der Waals surface area contributed by atoms with Gasteiger partial charge >= 0.3 is 0 Å². The lowest BCUT2D eigenvalue weighted by molar-refractivity contribution is 0.0947. The molecule has 20 heavy (non-hydrogen) atoms. The van der Waals surface area contributed by atoms with Crippen molar-refractivity contribution in [1.82, 2.24) is 5.32 Å². The number of amides is 1. The topological polar surface area (TPSA) is 55.1 Å². The quantitative estimate of drug-likeness (QED) is 0.852. The summed E-state index contributed by atoms with van der Waals surface area (Å²) in [6.45, 7) is 2.35. The van der Waals surface area contributed by atoms with E-state index in [4.69, 9.17) is 5.73 Å². The minimum absolute atomic E-state index is 0.249. The van der Waals surface area contributed by atoms with Crippen molar-refractivity contribution in [2.45, 2.75) is 19.9 Å². The van der Waals surface area contributed by atoms with Gasteiger partial charge in [0.15, 0.2) is 0 Å². The Kier molecular flexibility index (Phi) is 4.34. The Hall–Kier alpha value is -1.95. The van der Waals surface area contributed by atoms with Crippen LogP contribution in [-0.4, -0.2) is 5.91 Å². The number of benzene rings is 1. The average Bonchev–Trinajstić information content (AvgIpc) is 2.88. The molecule has 0 atom stereocenters. The van der Waals surface area contributed by atoms with E-state index in [9.17, 15) is 13.6 Å². The van der Waals surface area contributed by atoms with E-state index in [1.54, 1.807) is 11.3 Å². The number of carbonyl (C=O) groups excluding carboxylic acids is 1. The lowest BCUT2D eigenvalue weighted by Gasteiger charge is -2.06. The van der Waals surface area contributed by atoms with Crippen molar-refractivity contribution in [3.63, 3.8) is 0 Å². The third-order valence-electron chi connectivity index (χ3n) is 2.82. The lowest BCUT2D eigenvalue weighted by Crippen LogP contribution is -2.23. The fourth-order valence-electron chi connectivity index (χ4n) is 1.71. The van der Waals surface area contributed by atoms with E-state index in [0.717, 1.165) is 17.4 Å². The van der Waals surface area contributed by atoms with Crippen LogP contribution >= 0.6 is 11.3 Å². The summed E-state index contributed by atoms with van der Waals surface area (Å²) in [6.07, 6.45) is 0.932. The van der Waals surface area contributed by atoms with E-state index >= 15 is 0 Å². The number of nitrogens with one attached hydrogen (secondary N) is 1. The van der Waals surface area contributed by atoms with Crippen LogP contribution in [0.1, 0.15) is 27.0 Å². The van der Waals surface area contributed by atoms with Crippen LogP contribution in [0, 0.1) is 11.6 Å². The number of nitrogen functional groups attached to an aromatic ring is 1. The highest BCUT2D eigenvalue weighted by molar-refractivity contribution is 7.11. The van der Waals surface area contributed by atoms with Gasteiger partial charge in [-0.15, -0.1) is 11.3 Å². The minimum Gasteiger partial charge on any atom is -0.396 e. The monoisotopic (exact) mass is 296 g/mol. The van der Waals surface area contributed by atoms with E-state index in [1.807, 2.05) is 19.1 Å².